The van der Waals surface area contributed by atoms with Crippen molar-refractivity contribution < 1.29 is 9.84 Å². The van der Waals surface area contributed by atoms with Gasteiger partial charge in [-0.3, -0.25) is 15.4 Å². The SMILES string of the molecule is CCC[C@H]1CC[C@@H](Oc2ccc(=N)n(C(=N)N3CCC(CO)CC3)c2)c2ccccc21. The minimum Gasteiger partial charge on any atom is -0.484 e. The summed E-state index contributed by atoms with van der Waals surface area (Å²) in [5.41, 5.74) is 2.95. The molecule has 0 saturated carbocycles. The van der Waals surface area contributed by atoms with E-state index in [1.54, 1.807) is 16.8 Å². The molecule has 1 aromatic heterocycles. The first kappa shape index (κ1) is 21.6. The monoisotopic (exact) mass is 422 g/mol. The van der Waals surface area contributed by atoms with Crippen molar-refractivity contribution in [3.8, 4) is 5.75 Å². The Labute approximate surface area is 184 Å². The predicted molar refractivity (Wildman–Crippen MR) is 121 cm³/mol. The number of rotatable bonds is 5. The van der Waals surface area contributed by atoms with Crippen molar-refractivity contribution in [2.45, 2.75) is 57.5 Å². The quantitative estimate of drug-likeness (QED) is 0.497. The third kappa shape index (κ3) is 4.69. The van der Waals surface area contributed by atoms with Crippen LogP contribution in [-0.2, 0) is 0 Å². The van der Waals surface area contributed by atoms with E-state index in [-0.39, 0.29) is 18.2 Å². The number of fused-ring (bicyclic) bond motifs is 1. The highest BCUT2D eigenvalue weighted by Crippen LogP contribution is 2.41. The van der Waals surface area contributed by atoms with E-state index in [2.05, 4.69) is 31.2 Å². The van der Waals surface area contributed by atoms with E-state index in [0.29, 0.717) is 23.5 Å². The molecule has 0 amide bonds. The molecule has 0 unspecified atom stereocenters. The van der Waals surface area contributed by atoms with Crippen LogP contribution in [0.5, 0.6) is 5.75 Å². The highest BCUT2D eigenvalue weighted by Gasteiger charge is 2.28. The van der Waals surface area contributed by atoms with Gasteiger partial charge < -0.3 is 14.7 Å². The number of ether oxygens (including phenoxy) is 1. The minimum atomic E-state index is 0.00354. The molecule has 1 aliphatic heterocycles. The lowest BCUT2D eigenvalue weighted by Gasteiger charge is -2.34. The van der Waals surface area contributed by atoms with Gasteiger partial charge in [0, 0.05) is 19.7 Å². The number of aromatic nitrogens is 1. The topological polar surface area (TPSA) is 85.3 Å². The number of likely N-dealkylation sites (tertiary alicyclic amines) is 1. The molecule has 1 saturated heterocycles. The molecule has 0 radical (unpaired) electrons. The van der Waals surface area contributed by atoms with Crippen molar-refractivity contribution in [3.63, 3.8) is 0 Å². The van der Waals surface area contributed by atoms with Crippen molar-refractivity contribution in [2.75, 3.05) is 19.7 Å². The third-order valence-corrected chi connectivity index (χ3v) is 6.80. The van der Waals surface area contributed by atoms with E-state index in [0.717, 1.165) is 38.8 Å². The largest absolute Gasteiger partial charge is 0.484 e. The number of benzene rings is 1. The summed E-state index contributed by atoms with van der Waals surface area (Å²) in [6.07, 6.45) is 8.04. The van der Waals surface area contributed by atoms with E-state index in [1.165, 1.54) is 24.0 Å². The second kappa shape index (κ2) is 9.69. The molecule has 6 heteroatoms. The van der Waals surface area contributed by atoms with E-state index in [4.69, 9.17) is 15.6 Å². The van der Waals surface area contributed by atoms with Crippen LogP contribution >= 0.6 is 0 Å². The van der Waals surface area contributed by atoms with Crippen molar-refractivity contribution in [3.05, 3.63) is 59.2 Å². The van der Waals surface area contributed by atoms with Crippen LogP contribution in [0.2, 0.25) is 0 Å². The minimum absolute atomic E-state index is 0.00354. The molecule has 1 aromatic carbocycles. The van der Waals surface area contributed by atoms with Gasteiger partial charge in [0.1, 0.15) is 17.3 Å². The summed E-state index contributed by atoms with van der Waals surface area (Å²) < 4.78 is 8.02. The van der Waals surface area contributed by atoms with Gasteiger partial charge >= 0.3 is 0 Å². The Kier molecular flexibility index (Phi) is 6.76. The summed E-state index contributed by atoms with van der Waals surface area (Å²) in [6.45, 7) is 3.92. The zero-order chi connectivity index (χ0) is 21.8. The molecular weight excluding hydrogens is 388 g/mol. The molecule has 2 atom stereocenters. The summed E-state index contributed by atoms with van der Waals surface area (Å²) >= 11 is 0. The molecule has 166 valence electrons. The molecule has 31 heavy (non-hydrogen) atoms. The zero-order valence-electron chi connectivity index (χ0n) is 18.4. The fourth-order valence-electron chi connectivity index (χ4n) is 4.98. The van der Waals surface area contributed by atoms with Gasteiger partial charge in [0.2, 0.25) is 5.96 Å². The number of nitrogens with zero attached hydrogens (tertiary/aromatic N) is 2. The smallest absolute Gasteiger partial charge is 0.203 e. The van der Waals surface area contributed by atoms with Crippen LogP contribution < -0.4 is 10.2 Å². The van der Waals surface area contributed by atoms with Crippen molar-refractivity contribution in [2.24, 2.45) is 5.92 Å². The van der Waals surface area contributed by atoms with Crippen LogP contribution in [0.1, 0.15) is 68.6 Å². The number of aliphatic hydroxyl groups excluding tert-OH is 1. The summed E-state index contributed by atoms with van der Waals surface area (Å²) in [7, 11) is 0. The normalized spacial score (nSPS) is 21.5. The average Bonchev–Trinajstić information content (AvgIpc) is 2.81. The van der Waals surface area contributed by atoms with E-state index < -0.39 is 0 Å². The molecule has 3 N–H and O–H groups in total. The van der Waals surface area contributed by atoms with Crippen LogP contribution in [0.4, 0.5) is 0 Å². The Morgan fingerprint density at radius 1 is 1.06 bits per heavy atom. The van der Waals surface area contributed by atoms with Crippen LogP contribution in [-0.4, -0.2) is 40.2 Å². The van der Waals surface area contributed by atoms with Gasteiger partial charge in [0.05, 0.1) is 6.20 Å². The molecule has 1 fully saturated rings. The van der Waals surface area contributed by atoms with Gasteiger partial charge in [-0.2, -0.15) is 0 Å². The lowest BCUT2D eigenvalue weighted by Crippen LogP contribution is -2.44. The average molecular weight is 423 g/mol. The van der Waals surface area contributed by atoms with Crippen molar-refractivity contribution in [1.29, 1.82) is 10.8 Å². The van der Waals surface area contributed by atoms with E-state index >= 15 is 0 Å². The molecule has 0 spiro atoms. The highest BCUT2D eigenvalue weighted by atomic mass is 16.5. The predicted octanol–water partition coefficient (Wildman–Crippen LogP) is 4.25. The van der Waals surface area contributed by atoms with Gasteiger partial charge in [0.15, 0.2) is 0 Å². The molecule has 2 heterocycles. The summed E-state index contributed by atoms with van der Waals surface area (Å²) in [4.78, 5) is 1.99. The van der Waals surface area contributed by atoms with Crippen LogP contribution in [0.25, 0.3) is 0 Å². The Morgan fingerprint density at radius 2 is 1.81 bits per heavy atom. The Bertz CT molecular complexity index is 962. The number of aliphatic hydroxyl groups is 1. The second-order valence-corrected chi connectivity index (χ2v) is 8.86. The zero-order valence-corrected chi connectivity index (χ0v) is 18.4. The maximum absolute atomic E-state index is 9.36. The standard InChI is InChI=1S/C25H34N4O2/c1-2-5-19-8-10-23(22-7-4-3-6-21(19)22)31-20-9-11-24(26)29(16-20)25(27)28-14-12-18(17-30)13-15-28/h3-4,6-7,9,11,16,18-19,23,26-27,30H,2,5,8,10,12-15,17H2,1H3/t19-,23+/m0/s1. The fraction of sp³-hybridized carbons (Fsp3) is 0.520. The number of hydrogen-bond acceptors (Lipinski definition) is 4. The fourth-order valence-corrected chi connectivity index (χ4v) is 4.98. The van der Waals surface area contributed by atoms with Gasteiger partial charge in [-0.15, -0.1) is 0 Å². The first-order valence-corrected chi connectivity index (χ1v) is 11.6. The van der Waals surface area contributed by atoms with Gasteiger partial charge in [0.25, 0.3) is 0 Å². The lowest BCUT2D eigenvalue weighted by molar-refractivity contribution is 0.163. The van der Waals surface area contributed by atoms with Crippen molar-refractivity contribution >= 4 is 5.96 Å². The maximum atomic E-state index is 9.36. The summed E-state index contributed by atoms with van der Waals surface area (Å²) in [5, 5.41) is 26.3. The second-order valence-electron chi connectivity index (χ2n) is 8.86. The molecule has 4 rings (SSSR count). The molecule has 6 nitrogen and oxygen atoms in total. The maximum Gasteiger partial charge on any atom is 0.203 e. The summed E-state index contributed by atoms with van der Waals surface area (Å²) in [5.74, 6) is 1.93. The number of pyridine rings is 1. The van der Waals surface area contributed by atoms with E-state index in [1.807, 2.05) is 11.0 Å². The van der Waals surface area contributed by atoms with Gasteiger partial charge in [-0.1, -0.05) is 37.6 Å². The Morgan fingerprint density at radius 3 is 2.52 bits per heavy atom. The highest BCUT2D eigenvalue weighted by molar-refractivity contribution is 5.79. The molecule has 2 aromatic rings. The number of piperidine rings is 1. The number of hydrogen-bond donors (Lipinski definition) is 3. The molecule has 0 bridgehead atoms. The Balaban J connectivity index is 1.52. The Hall–Kier alpha value is -2.60. The van der Waals surface area contributed by atoms with Crippen LogP contribution in [0.3, 0.4) is 0 Å². The lowest BCUT2D eigenvalue weighted by atomic mass is 9.79. The molecule has 1 aliphatic carbocycles. The number of nitrogens with one attached hydrogen (secondary N) is 2. The van der Waals surface area contributed by atoms with Crippen LogP contribution in [0, 0.1) is 16.7 Å². The van der Waals surface area contributed by atoms with Crippen molar-refractivity contribution in [1.82, 2.24) is 9.47 Å². The van der Waals surface area contributed by atoms with E-state index in [9.17, 15) is 5.11 Å². The first-order chi connectivity index (χ1) is 15.1. The van der Waals surface area contributed by atoms with Gasteiger partial charge in [-0.25, -0.2) is 0 Å². The van der Waals surface area contributed by atoms with Crippen LogP contribution in [0.15, 0.2) is 42.6 Å². The molecular formula is C25H34N4O2. The summed E-state index contributed by atoms with van der Waals surface area (Å²) in [6, 6.07) is 12.2. The van der Waals surface area contributed by atoms with Gasteiger partial charge in [-0.05, 0) is 67.2 Å². The third-order valence-electron chi connectivity index (χ3n) is 6.80. The molecule has 2 aliphatic rings. The first-order valence-electron chi connectivity index (χ1n) is 11.6.